The van der Waals surface area contributed by atoms with Crippen LogP contribution in [0.1, 0.15) is 28.8 Å². The van der Waals surface area contributed by atoms with Gasteiger partial charge >= 0.3 is 0 Å². The topological polar surface area (TPSA) is 62.3 Å². The first-order chi connectivity index (χ1) is 13.6. The first kappa shape index (κ1) is 18.4. The molecule has 1 unspecified atom stereocenters. The summed E-state index contributed by atoms with van der Waals surface area (Å²) in [4.78, 5) is 32.0. The zero-order valence-corrected chi connectivity index (χ0v) is 16.0. The molecular formula is C22H20ClN3O2. The van der Waals surface area contributed by atoms with E-state index >= 15 is 0 Å². The molecule has 28 heavy (non-hydrogen) atoms. The Morgan fingerprint density at radius 3 is 2.71 bits per heavy atom. The van der Waals surface area contributed by atoms with Gasteiger partial charge in [-0.25, -0.2) is 0 Å². The quantitative estimate of drug-likeness (QED) is 0.733. The third-order valence-electron chi connectivity index (χ3n) is 5.06. The SMILES string of the molecule is O=C(NCc1ccc(Cl)cc1)C1CCCN1C(=O)c1cccc2cccnc12. The van der Waals surface area contributed by atoms with E-state index in [1.807, 2.05) is 36.4 Å². The Hall–Kier alpha value is -2.92. The lowest BCUT2D eigenvalue weighted by Gasteiger charge is -2.24. The maximum absolute atomic E-state index is 13.2. The molecule has 2 aromatic carbocycles. The van der Waals surface area contributed by atoms with E-state index in [1.54, 1.807) is 29.3 Å². The Bertz CT molecular complexity index is 1010. The van der Waals surface area contributed by atoms with Crippen LogP contribution in [0.15, 0.2) is 60.8 Å². The summed E-state index contributed by atoms with van der Waals surface area (Å²) in [5.74, 6) is -0.276. The van der Waals surface area contributed by atoms with Crippen LogP contribution in [0.4, 0.5) is 0 Å². The highest BCUT2D eigenvalue weighted by Gasteiger charge is 2.35. The van der Waals surface area contributed by atoms with Crippen LogP contribution >= 0.6 is 11.6 Å². The van der Waals surface area contributed by atoms with Crippen molar-refractivity contribution in [1.29, 1.82) is 0 Å². The summed E-state index contributed by atoms with van der Waals surface area (Å²) >= 11 is 5.90. The first-order valence-electron chi connectivity index (χ1n) is 9.30. The fraction of sp³-hybridized carbons (Fsp3) is 0.227. The first-order valence-corrected chi connectivity index (χ1v) is 9.68. The van der Waals surface area contributed by atoms with Crippen molar-refractivity contribution in [3.8, 4) is 0 Å². The van der Waals surface area contributed by atoms with Crippen molar-refractivity contribution >= 4 is 34.3 Å². The van der Waals surface area contributed by atoms with Gasteiger partial charge in [0.15, 0.2) is 0 Å². The number of hydrogen-bond acceptors (Lipinski definition) is 3. The third kappa shape index (κ3) is 3.71. The number of aromatic nitrogens is 1. The summed E-state index contributed by atoms with van der Waals surface area (Å²) in [5.41, 5.74) is 2.17. The molecular weight excluding hydrogens is 374 g/mol. The molecule has 1 aliphatic heterocycles. The van der Waals surface area contributed by atoms with Gasteiger partial charge in [-0.2, -0.15) is 0 Å². The minimum absolute atomic E-state index is 0.131. The molecule has 0 spiro atoms. The van der Waals surface area contributed by atoms with Crippen molar-refractivity contribution in [2.75, 3.05) is 6.54 Å². The largest absolute Gasteiger partial charge is 0.350 e. The van der Waals surface area contributed by atoms with Crippen molar-refractivity contribution in [2.24, 2.45) is 0 Å². The van der Waals surface area contributed by atoms with Gasteiger partial charge in [0.25, 0.3) is 5.91 Å². The number of hydrogen-bond donors (Lipinski definition) is 1. The average Bonchev–Trinajstić information content (AvgIpc) is 3.22. The second-order valence-corrected chi connectivity index (χ2v) is 7.32. The number of pyridine rings is 1. The van der Waals surface area contributed by atoms with Gasteiger partial charge in [0.1, 0.15) is 6.04 Å². The lowest BCUT2D eigenvalue weighted by Crippen LogP contribution is -2.45. The highest BCUT2D eigenvalue weighted by atomic mass is 35.5. The molecule has 1 atom stereocenters. The van der Waals surface area contributed by atoms with Crippen LogP contribution in [-0.4, -0.2) is 34.3 Å². The molecule has 142 valence electrons. The number of amides is 2. The molecule has 0 saturated carbocycles. The van der Waals surface area contributed by atoms with Crippen molar-refractivity contribution in [2.45, 2.75) is 25.4 Å². The monoisotopic (exact) mass is 393 g/mol. The number of nitrogens with zero attached hydrogens (tertiary/aromatic N) is 2. The van der Waals surface area contributed by atoms with E-state index in [0.29, 0.717) is 35.6 Å². The van der Waals surface area contributed by atoms with Gasteiger partial charge in [-0.1, -0.05) is 41.9 Å². The molecule has 4 rings (SSSR count). The maximum Gasteiger partial charge on any atom is 0.256 e. The van der Waals surface area contributed by atoms with Crippen molar-refractivity contribution in [1.82, 2.24) is 15.2 Å². The predicted octanol–water partition coefficient (Wildman–Crippen LogP) is 3.81. The van der Waals surface area contributed by atoms with Crippen LogP contribution in [0.3, 0.4) is 0 Å². The molecule has 0 aliphatic carbocycles. The van der Waals surface area contributed by atoms with Crippen LogP contribution < -0.4 is 5.32 Å². The number of fused-ring (bicyclic) bond motifs is 1. The van der Waals surface area contributed by atoms with E-state index in [9.17, 15) is 9.59 Å². The van der Waals surface area contributed by atoms with Crippen LogP contribution in [0.25, 0.3) is 10.9 Å². The number of likely N-dealkylation sites (tertiary alicyclic amines) is 1. The minimum Gasteiger partial charge on any atom is -0.350 e. The Kier molecular flexibility index (Phi) is 5.26. The van der Waals surface area contributed by atoms with Gasteiger partial charge < -0.3 is 10.2 Å². The molecule has 1 aromatic heterocycles. The molecule has 2 heterocycles. The Labute approximate surface area is 168 Å². The van der Waals surface area contributed by atoms with Crippen LogP contribution in [0.5, 0.6) is 0 Å². The van der Waals surface area contributed by atoms with Crippen LogP contribution in [0.2, 0.25) is 5.02 Å². The van der Waals surface area contributed by atoms with Crippen LogP contribution in [0, 0.1) is 0 Å². The number of para-hydroxylation sites is 1. The highest BCUT2D eigenvalue weighted by molar-refractivity contribution is 6.30. The number of halogens is 1. The highest BCUT2D eigenvalue weighted by Crippen LogP contribution is 2.24. The molecule has 1 aliphatic rings. The van der Waals surface area contributed by atoms with E-state index in [0.717, 1.165) is 17.4 Å². The summed E-state index contributed by atoms with van der Waals surface area (Å²) in [6.07, 6.45) is 3.15. The second kappa shape index (κ2) is 7.98. The Morgan fingerprint density at radius 1 is 1.11 bits per heavy atom. The summed E-state index contributed by atoms with van der Waals surface area (Å²) in [5, 5.41) is 4.51. The van der Waals surface area contributed by atoms with Crippen molar-refractivity contribution in [3.63, 3.8) is 0 Å². The maximum atomic E-state index is 13.2. The molecule has 1 fully saturated rings. The molecule has 2 amide bonds. The Morgan fingerprint density at radius 2 is 1.89 bits per heavy atom. The fourth-order valence-electron chi connectivity index (χ4n) is 3.62. The zero-order valence-electron chi connectivity index (χ0n) is 15.3. The molecule has 0 radical (unpaired) electrons. The predicted molar refractivity (Wildman–Crippen MR) is 109 cm³/mol. The van der Waals surface area contributed by atoms with Crippen molar-refractivity contribution < 1.29 is 9.59 Å². The van der Waals surface area contributed by atoms with E-state index in [2.05, 4.69) is 10.3 Å². The Balaban J connectivity index is 1.50. The summed E-state index contributed by atoms with van der Waals surface area (Å²) < 4.78 is 0. The van der Waals surface area contributed by atoms with E-state index in [4.69, 9.17) is 11.6 Å². The van der Waals surface area contributed by atoms with Gasteiger partial charge in [0.05, 0.1) is 11.1 Å². The molecule has 1 saturated heterocycles. The van der Waals surface area contributed by atoms with E-state index in [1.165, 1.54) is 0 Å². The van der Waals surface area contributed by atoms with Gasteiger partial charge in [-0.15, -0.1) is 0 Å². The normalized spacial score (nSPS) is 16.3. The number of rotatable bonds is 4. The average molecular weight is 394 g/mol. The van der Waals surface area contributed by atoms with Gasteiger partial charge in [0.2, 0.25) is 5.91 Å². The van der Waals surface area contributed by atoms with Gasteiger partial charge in [0, 0.05) is 29.7 Å². The molecule has 5 nitrogen and oxygen atoms in total. The zero-order chi connectivity index (χ0) is 19.5. The lowest BCUT2D eigenvalue weighted by atomic mass is 10.1. The number of benzene rings is 2. The molecule has 1 N–H and O–H groups in total. The fourth-order valence-corrected chi connectivity index (χ4v) is 3.75. The van der Waals surface area contributed by atoms with Crippen LogP contribution in [-0.2, 0) is 11.3 Å². The van der Waals surface area contributed by atoms with E-state index < -0.39 is 6.04 Å². The standard InChI is InChI=1S/C22H20ClN3O2/c23-17-10-8-15(9-11-17)14-25-21(27)19-7-3-13-26(19)22(28)18-6-1-4-16-5-2-12-24-20(16)18/h1-2,4-6,8-12,19H,3,7,13-14H2,(H,25,27). The second-order valence-electron chi connectivity index (χ2n) is 6.88. The third-order valence-corrected chi connectivity index (χ3v) is 5.31. The smallest absolute Gasteiger partial charge is 0.256 e. The summed E-state index contributed by atoms with van der Waals surface area (Å²) in [7, 11) is 0. The molecule has 3 aromatic rings. The van der Waals surface area contributed by atoms with Crippen molar-refractivity contribution in [3.05, 3.63) is 76.9 Å². The number of nitrogens with one attached hydrogen (secondary N) is 1. The van der Waals surface area contributed by atoms with E-state index in [-0.39, 0.29) is 11.8 Å². The molecule has 0 bridgehead atoms. The number of carbonyl (C=O) groups excluding carboxylic acids is 2. The van der Waals surface area contributed by atoms with Gasteiger partial charge in [-0.3, -0.25) is 14.6 Å². The summed E-state index contributed by atoms with van der Waals surface area (Å²) in [6, 6.07) is 16.2. The minimum atomic E-state index is -0.459. The summed E-state index contributed by atoms with van der Waals surface area (Å²) in [6.45, 7) is 0.978. The number of carbonyl (C=O) groups is 2. The molecule has 6 heteroatoms. The lowest BCUT2D eigenvalue weighted by molar-refractivity contribution is -0.125. The van der Waals surface area contributed by atoms with Gasteiger partial charge in [-0.05, 0) is 42.7 Å².